The van der Waals surface area contributed by atoms with Gasteiger partial charge >= 0.3 is 5.97 Å². The third-order valence-electron chi connectivity index (χ3n) is 5.43. The predicted molar refractivity (Wildman–Crippen MR) is 98.2 cm³/mol. The van der Waals surface area contributed by atoms with Crippen LogP contribution in [-0.2, 0) is 16.1 Å². The standard InChI is InChI=1S/C20H30N2O3/c1-3-20(4-2,19(24)25)13-18(23)21-17-11-8-12-22(15-17)14-16-9-6-5-7-10-16/h5-7,9-10,17H,3-4,8,11-15H2,1-2H3,(H,21,23)(H,24,25). The molecule has 1 aromatic carbocycles. The molecule has 0 aromatic heterocycles. The molecule has 0 aliphatic carbocycles. The van der Waals surface area contributed by atoms with Crippen molar-refractivity contribution in [1.29, 1.82) is 0 Å². The highest BCUT2D eigenvalue weighted by molar-refractivity contribution is 5.85. The zero-order valence-electron chi connectivity index (χ0n) is 15.3. The van der Waals surface area contributed by atoms with Gasteiger partial charge in [0.15, 0.2) is 0 Å². The Labute approximate surface area is 150 Å². The summed E-state index contributed by atoms with van der Waals surface area (Å²) in [5, 5.41) is 12.6. The number of carboxylic acid groups (broad SMARTS) is 1. The lowest BCUT2D eigenvalue weighted by Gasteiger charge is -2.34. The minimum Gasteiger partial charge on any atom is -0.481 e. The van der Waals surface area contributed by atoms with Crippen LogP contribution in [-0.4, -0.2) is 41.0 Å². The van der Waals surface area contributed by atoms with Crippen molar-refractivity contribution in [3.63, 3.8) is 0 Å². The van der Waals surface area contributed by atoms with Crippen molar-refractivity contribution in [1.82, 2.24) is 10.2 Å². The number of rotatable bonds is 8. The van der Waals surface area contributed by atoms with Gasteiger partial charge in [0.25, 0.3) is 0 Å². The molecule has 5 heteroatoms. The lowest BCUT2D eigenvalue weighted by atomic mass is 9.79. The van der Waals surface area contributed by atoms with E-state index in [4.69, 9.17) is 0 Å². The van der Waals surface area contributed by atoms with Crippen LogP contribution >= 0.6 is 0 Å². The number of carboxylic acids is 1. The molecule has 1 atom stereocenters. The number of hydrogen-bond donors (Lipinski definition) is 2. The molecule has 5 nitrogen and oxygen atoms in total. The van der Waals surface area contributed by atoms with Gasteiger partial charge in [-0.1, -0.05) is 44.2 Å². The SMILES string of the molecule is CCC(CC)(CC(=O)NC1CCCN(Cc2ccccc2)C1)C(=O)O. The van der Waals surface area contributed by atoms with Crippen molar-refractivity contribution in [3.8, 4) is 0 Å². The van der Waals surface area contributed by atoms with Crippen LogP contribution in [0.5, 0.6) is 0 Å². The van der Waals surface area contributed by atoms with E-state index in [1.807, 2.05) is 32.0 Å². The molecule has 25 heavy (non-hydrogen) atoms. The number of benzene rings is 1. The quantitative estimate of drug-likeness (QED) is 0.759. The largest absolute Gasteiger partial charge is 0.481 e. The topological polar surface area (TPSA) is 69.6 Å². The van der Waals surface area contributed by atoms with E-state index in [9.17, 15) is 14.7 Å². The van der Waals surface area contributed by atoms with Crippen molar-refractivity contribution in [2.75, 3.05) is 13.1 Å². The fourth-order valence-corrected chi connectivity index (χ4v) is 3.62. The average molecular weight is 346 g/mol. The fourth-order valence-electron chi connectivity index (χ4n) is 3.62. The van der Waals surface area contributed by atoms with Crippen LogP contribution in [0.25, 0.3) is 0 Å². The first-order valence-corrected chi connectivity index (χ1v) is 9.28. The van der Waals surface area contributed by atoms with E-state index in [-0.39, 0.29) is 18.4 Å². The van der Waals surface area contributed by atoms with Gasteiger partial charge in [0, 0.05) is 25.6 Å². The zero-order valence-corrected chi connectivity index (χ0v) is 15.3. The summed E-state index contributed by atoms with van der Waals surface area (Å²) in [4.78, 5) is 26.4. The third kappa shape index (κ3) is 5.30. The van der Waals surface area contributed by atoms with E-state index >= 15 is 0 Å². The summed E-state index contributed by atoms with van der Waals surface area (Å²) in [5.74, 6) is -1.01. The molecule has 2 N–H and O–H groups in total. The van der Waals surface area contributed by atoms with Crippen LogP contribution in [0.4, 0.5) is 0 Å². The molecule has 0 bridgehead atoms. The lowest BCUT2D eigenvalue weighted by molar-refractivity contribution is -0.152. The Balaban J connectivity index is 1.89. The van der Waals surface area contributed by atoms with E-state index in [0.717, 1.165) is 32.5 Å². The Morgan fingerprint density at radius 3 is 2.52 bits per heavy atom. The molecule has 1 heterocycles. The Kier molecular flexibility index (Phi) is 7.00. The van der Waals surface area contributed by atoms with Crippen molar-refractivity contribution in [3.05, 3.63) is 35.9 Å². The summed E-state index contributed by atoms with van der Waals surface area (Å²) in [7, 11) is 0. The van der Waals surface area contributed by atoms with Crippen LogP contribution in [0.2, 0.25) is 0 Å². The highest BCUT2D eigenvalue weighted by Gasteiger charge is 2.37. The molecule has 138 valence electrons. The number of aliphatic carboxylic acids is 1. The van der Waals surface area contributed by atoms with Gasteiger partial charge in [-0.15, -0.1) is 0 Å². The first-order valence-electron chi connectivity index (χ1n) is 9.28. The molecule has 0 saturated carbocycles. The van der Waals surface area contributed by atoms with Crippen molar-refractivity contribution < 1.29 is 14.7 Å². The molecule has 1 aliphatic heterocycles. The Morgan fingerprint density at radius 1 is 1.24 bits per heavy atom. The Hall–Kier alpha value is -1.88. The summed E-state index contributed by atoms with van der Waals surface area (Å²) in [6.45, 7) is 6.42. The van der Waals surface area contributed by atoms with Gasteiger partial charge in [-0.2, -0.15) is 0 Å². The van der Waals surface area contributed by atoms with Crippen LogP contribution < -0.4 is 5.32 Å². The summed E-state index contributed by atoms with van der Waals surface area (Å²) in [6, 6.07) is 10.4. The normalized spacial score (nSPS) is 18.7. The van der Waals surface area contributed by atoms with Gasteiger partial charge in [-0.3, -0.25) is 14.5 Å². The Bertz CT molecular complexity index is 570. The van der Waals surface area contributed by atoms with Crippen molar-refractivity contribution >= 4 is 11.9 Å². The second-order valence-corrected chi connectivity index (χ2v) is 7.10. The minimum atomic E-state index is -0.942. The molecule has 1 aromatic rings. The summed E-state index contributed by atoms with van der Waals surface area (Å²) in [5.41, 5.74) is 0.332. The number of piperidine rings is 1. The molecular weight excluding hydrogens is 316 g/mol. The average Bonchev–Trinajstić information content (AvgIpc) is 2.60. The maximum Gasteiger partial charge on any atom is 0.310 e. The number of nitrogens with zero attached hydrogens (tertiary/aromatic N) is 1. The maximum absolute atomic E-state index is 12.4. The van der Waals surface area contributed by atoms with Gasteiger partial charge in [0.1, 0.15) is 0 Å². The first kappa shape index (κ1) is 19.4. The molecule has 1 amide bonds. The highest BCUT2D eigenvalue weighted by atomic mass is 16.4. The number of likely N-dealkylation sites (tertiary alicyclic amines) is 1. The number of hydrogen-bond acceptors (Lipinski definition) is 3. The summed E-state index contributed by atoms with van der Waals surface area (Å²) >= 11 is 0. The van der Waals surface area contributed by atoms with Gasteiger partial charge in [0.2, 0.25) is 5.91 Å². The molecule has 1 saturated heterocycles. The van der Waals surface area contributed by atoms with E-state index in [1.165, 1.54) is 5.56 Å². The van der Waals surface area contributed by atoms with Crippen LogP contribution in [0.3, 0.4) is 0 Å². The number of amides is 1. The van der Waals surface area contributed by atoms with Crippen molar-refractivity contribution in [2.45, 2.75) is 58.5 Å². The van der Waals surface area contributed by atoms with Crippen molar-refractivity contribution in [2.24, 2.45) is 5.41 Å². The number of carbonyl (C=O) groups excluding carboxylic acids is 1. The van der Waals surface area contributed by atoms with Crippen LogP contribution in [0.15, 0.2) is 30.3 Å². The Morgan fingerprint density at radius 2 is 1.92 bits per heavy atom. The second-order valence-electron chi connectivity index (χ2n) is 7.10. The maximum atomic E-state index is 12.4. The van der Waals surface area contributed by atoms with Crippen LogP contribution in [0, 0.1) is 5.41 Å². The smallest absolute Gasteiger partial charge is 0.310 e. The van der Waals surface area contributed by atoms with Gasteiger partial charge in [-0.25, -0.2) is 0 Å². The molecule has 1 fully saturated rings. The summed E-state index contributed by atoms with van der Waals surface area (Å²) in [6.07, 6.45) is 3.00. The molecular formula is C20H30N2O3. The highest BCUT2D eigenvalue weighted by Crippen LogP contribution is 2.31. The fraction of sp³-hybridized carbons (Fsp3) is 0.600. The van der Waals surface area contributed by atoms with E-state index in [2.05, 4.69) is 22.3 Å². The monoisotopic (exact) mass is 346 g/mol. The molecule has 1 unspecified atom stereocenters. The van der Waals surface area contributed by atoms with Gasteiger partial charge in [-0.05, 0) is 37.8 Å². The van der Waals surface area contributed by atoms with Gasteiger partial charge < -0.3 is 10.4 Å². The molecule has 0 radical (unpaired) electrons. The predicted octanol–water partition coefficient (Wildman–Crippen LogP) is 3.05. The summed E-state index contributed by atoms with van der Waals surface area (Å²) < 4.78 is 0. The molecule has 1 aliphatic rings. The first-order chi connectivity index (χ1) is 12.0. The number of carbonyl (C=O) groups is 2. The molecule has 0 spiro atoms. The third-order valence-corrected chi connectivity index (χ3v) is 5.43. The minimum absolute atomic E-state index is 0.0600. The number of nitrogens with one attached hydrogen (secondary N) is 1. The van der Waals surface area contributed by atoms with Crippen LogP contribution in [0.1, 0.15) is 51.5 Å². The molecule has 2 rings (SSSR count). The second kappa shape index (κ2) is 8.99. The zero-order chi connectivity index (χ0) is 18.3. The van der Waals surface area contributed by atoms with E-state index in [0.29, 0.717) is 12.8 Å². The van der Waals surface area contributed by atoms with Gasteiger partial charge in [0.05, 0.1) is 5.41 Å². The van der Waals surface area contributed by atoms with E-state index in [1.54, 1.807) is 0 Å². The van der Waals surface area contributed by atoms with E-state index < -0.39 is 11.4 Å². The lowest BCUT2D eigenvalue weighted by Crippen LogP contribution is -2.48.